The van der Waals surface area contributed by atoms with Gasteiger partial charge in [0.05, 0.1) is 11.1 Å². The molecular weight excluding hydrogens is 372 g/mol. The van der Waals surface area contributed by atoms with Crippen LogP contribution in [0.1, 0.15) is 11.1 Å². The van der Waals surface area contributed by atoms with Crippen LogP contribution in [-0.2, 0) is 12.4 Å². The summed E-state index contributed by atoms with van der Waals surface area (Å²) in [6, 6.07) is 0.00116. The Morgan fingerprint density at radius 2 is 1.12 bits per heavy atom. The van der Waals surface area contributed by atoms with Crippen LogP contribution >= 0.6 is 31.9 Å². The summed E-state index contributed by atoms with van der Waals surface area (Å²) in [5.74, 6) is 0. The minimum atomic E-state index is -4.90. The fraction of sp³-hybridized carbons (Fsp3) is 0.286. The number of aromatic nitrogens is 1. The Kier molecular flexibility index (Phi) is 3.59. The predicted molar refractivity (Wildman–Crippen MR) is 49.6 cm³/mol. The van der Waals surface area contributed by atoms with Gasteiger partial charge in [0.15, 0.2) is 0 Å². The predicted octanol–water partition coefficient (Wildman–Crippen LogP) is 4.64. The van der Waals surface area contributed by atoms with Crippen molar-refractivity contribution in [2.45, 2.75) is 12.4 Å². The lowest BCUT2D eigenvalue weighted by molar-refractivity contribution is -0.144. The highest BCUT2D eigenvalue weighted by molar-refractivity contribution is 9.11. The van der Waals surface area contributed by atoms with Crippen LogP contribution in [-0.4, -0.2) is 4.98 Å². The first-order valence-electron chi connectivity index (χ1n) is 3.54. The average Bonchev–Trinajstić information content (AvgIpc) is 1.97. The van der Waals surface area contributed by atoms with Crippen molar-refractivity contribution in [2.24, 2.45) is 0 Å². The molecule has 0 aliphatic carbocycles. The molecule has 0 aromatic carbocycles. The van der Waals surface area contributed by atoms with E-state index in [1.54, 1.807) is 0 Å². The van der Waals surface area contributed by atoms with Gasteiger partial charge in [-0.25, -0.2) is 4.98 Å². The van der Waals surface area contributed by atoms with Crippen molar-refractivity contribution in [3.8, 4) is 0 Å². The van der Waals surface area contributed by atoms with Gasteiger partial charge in [-0.2, -0.15) is 26.3 Å². The molecule has 0 radical (unpaired) electrons. The first kappa shape index (κ1) is 13.8. The maximum atomic E-state index is 12.3. The van der Waals surface area contributed by atoms with Crippen LogP contribution in [0, 0.1) is 0 Å². The van der Waals surface area contributed by atoms with Gasteiger partial charge in [0, 0.05) is 0 Å². The highest BCUT2D eigenvalue weighted by atomic mass is 79.9. The summed E-state index contributed by atoms with van der Waals surface area (Å²) in [4.78, 5) is 3.10. The van der Waals surface area contributed by atoms with Gasteiger partial charge >= 0.3 is 12.4 Å². The maximum absolute atomic E-state index is 12.3. The molecule has 0 saturated heterocycles. The van der Waals surface area contributed by atoms with Gasteiger partial charge in [-0.3, -0.25) is 0 Å². The molecule has 9 heteroatoms. The Bertz CT molecular complexity index is 375. The average molecular weight is 373 g/mol. The Balaban J connectivity index is 3.45. The molecule has 0 N–H and O–H groups in total. The standard InChI is InChI=1S/C7HBr2F6N/c8-4-2(6(10,11)12)1-3(5(9)16-4)7(13,14)15/h1H. The van der Waals surface area contributed by atoms with Crippen LogP contribution in [0.15, 0.2) is 15.3 Å². The van der Waals surface area contributed by atoms with Gasteiger partial charge in [-0.15, -0.1) is 0 Å². The molecule has 1 rings (SSSR count). The van der Waals surface area contributed by atoms with E-state index >= 15 is 0 Å². The molecule has 0 bridgehead atoms. The van der Waals surface area contributed by atoms with Crippen molar-refractivity contribution in [1.29, 1.82) is 0 Å². The number of pyridine rings is 1. The summed E-state index contributed by atoms with van der Waals surface area (Å²) in [6.07, 6.45) is -9.79. The number of hydrogen-bond acceptors (Lipinski definition) is 1. The molecule has 1 heterocycles. The topological polar surface area (TPSA) is 12.9 Å². The van der Waals surface area contributed by atoms with E-state index in [1.807, 2.05) is 0 Å². The number of rotatable bonds is 0. The molecule has 0 fully saturated rings. The summed E-state index contributed by atoms with van der Waals surface area (Å²) >= 11 is 4.91. The van der Waals surface area contributed by atoms with E-state index in [-0.39, 0.29) is 6.07 Å². The van der Waals surface area contributed by atoms with E-state index in [0.29, 0.717) is 0 Å². The smallest absolute Gasteiger partial charge is 0.233 e. The second kappa shape index (κ2) is 4.17. The molecule has 90 valence electrons. The maximum Gasteiger partial charge on any atom is 0.419 e. The minimum Gasteiger partial charge on any atom is -0.233 e. The summed E-state index contributed by atoms with van der Waals surface area (Å²) in [5.41, 5.74) is -2.94. The molecular formula is C7HBr2F6N. The van der Waals surface area contributed by atoms with E-state index in [1.165, 1.54) is 0 Å². The zero-order chi connectivity index (χ0) is 12.7. The Morgan fingerprint density at radius 3 is 1.38 bits per heavy atom. The summed E-state index contributed by atoms with van der Waals surface area (Å²) in [6.45, 7) is 0. The monoisotopic (exact) mass is 371 g/mol. The zero-order valence-corrected chi connectivity index (χ0v) is 10.2. The van der Waals surface area contributed by atoms with Crippen molar-refractivity contribution >= 4 is 31.9 Å². The lowest BCUT2D eigenvalue weighted by Gasteiger charge is -2.13. The molecule has 1 nitrogen and oxygen atoms in total. The lowest BCUT2D eigenvalue weighted by Crippen LogP contribution is -2.13. The van der Waals surface area contributed by atoms with Crippen LogP contribution in [0.25, 0.3) is 0 Å². The molecule has 0 aliphatic heterocycles. The fourth-order valence-corrected chi connectivity index (χ4v) is 2.14. The Morgan fingerprint density at radius 1 is 0.812 bits per heavy atom. The lowest BCUT2D eigenvalue weighted by atomic mass is 10.2. The third-order valence-corrected chi connectivity index (χ3v) is 2.75. The van der Waals surface area contributed by atoms with E-state index in [2.05, 4.69) is 36.8 Å². The molecule has 0 unspecified atom stereocenters. The van der Waals surface area contributed by atoms with Crippen molar-refractivity contribution < 1.29 is 26.3 Å². The van der Waals surface area contributed by atoms with Crippen LogP contribution in [0.3, 0.4) is 0 Å². The fourth-order valence-electron chi connectivity index (χ4n) is 0.868. The van der Waals surface area contributed by atoms with Crippen molar-refractivity contribution in [3.05, 3.63) is 26.4 Å². The SMILES string of the molecule is FC(F)(F)c1cc(C(F)(F)F)c(Br)nc1Br. The van der Waals surface area contributed by atoms with Crippen LogP contribution < -0.4 is 0 Å². The highest BCUT2D eigenvalue weighted by Crippen LogP contribution is 2.40. The van der Waals surface area contributed by atoms with Crippen LogP contribution in [0.2, 0.25) is 0 Å². The van der Waals surface area contributed by atoms with Crippen LogP contribution in [0.5, 0.6) is 0 Å². The van der Waals surface area contributed by atoms with Gasteiger partial charge < -0.3 is 0 Å². The molecule has 0 atom stereocenters. The van der Waals surface area contributed by atoms with Gasteiger partial charge in [0.1, 0.15) is 9.21 Å². The summed E-state index contributed by atoms with van der Waals surface area (Å²) in [7, 11) is 0. The largest absolute Gasteiger partial charge is 0.419 e. The highest BCUT2D eigenvalue weighted by Gasteiger charge is 2.40. The van der Waals surface area contributed by atoms with E-state index in [9.17, 15) is 26.3 Å². The van der Waals surface area contributed by atoms with Gasteiger partial charge in [-0.05, 0) is 37.9 Å². The second-order valence-corrected chi connectivity index (χ2v) is 4.16. The molecule has 0 amide bonds. The van der Waals surface area contributed by atoms with Crippen LogP contribution in [0.4, 0.5) is 26.3 Å². The van der Waals surface area contributed by atoms with Crippen molar-refractivity contribution in [2.75, 3.05) is 0 Å². The van der Waals surface area contributed by atoms with E-state index in [0.717, 1.165) is 0 Å². The van der Waals surface area contributed by atoms with Crippen molar-refractivity contribution in [3.63, 3.8) is 0 Å². The normalized spacial score (nSPS) is 13.0. The third-order valence-electron chi connectivity index (χ3n) is 1.54. The molecule has 1 aromatic heterocycles. The minimum absolute atomic E-state index is 0.00116. The van der Waals surface area contributed by atoms with E-state index in [4.69, 9.17) is 0 Å². The molecule has 0 aliphatic rings. The van der Waals surface area contributed by atoms with Gasteiger partial charge in [0.2, 0.25) is 0 Å². The first-order valence-corrected chi connectivity index (χ1v) is 5.12. The third kappa shape index (κ3) is 2.88. The first-order chi connectivity index (χ1) is 7.03. The van der Waals surface area contributed by atoms with Crippen molar-refractivity contribution in [1.82, 2.24) is 4.98 Å². The van der Waals surface area contributed by atoms with Gasteiger partial charge in [0.25, 0.3) is 0 Å². The number of alkyl halides is 6. The summed E-state index contributed by atoms with van der Waals surface area (Å²) in [5, 5.41) is 0. The second-order valence-electron chi connectivity index (χ2n) is 2.66. The number of hydrogen-bond donors (Lipinski definition) is 0. The zero-order valence-electron chi connectivity index (χ0n) is 7.05. The quantitative estimate of drug-likeness (QED) is 0.477. The van der Waals surface area contributed by atoms with Gasteiger partial charge in [-0.1, -0.05) is 0 Å². The Labute approximate surface area is 102 Å². The number of halogens is 8. The number of nitrogens with zero attached hydrogens (tertiary/aromatic N) is 1. The molecule has 1 aromatic rings. The Hall–Kier alpha value is -0.310. The molecule has 0 saturated carbocycles. The van der Waals surface area contributed by atoms with E-state index < -0.39 is 32.7 Å². The molecule has 0 spiro atoms. The summed E-state index contributed by atoms with van der Waals surface area (Å²) < 4.78 is 72.4. The molecule has 16 heavy (non-hydrogen) atoms.